The molecule has 7 aromatic carbocycles. The molecule has 3 unspecified atom stereocenters. The summed E-state index contributed by atoms with van der Waals surface area (Å²) in [6, 6.07) is 58.3. The van der Waals surface area contributed by atoms with E-state index >= 15 is 0 Å². The first-order valence-corrected chi connectivity index (χ1v) is 21.9. The Balaban J connectivity index is 1.03. The van der Waals surface area contributed by atoms with Crippen molar-refractivity contribution in [1.82, 2.24) is 0 Å². The molecule has 4 aliphatic carbocycles. The van der Waals surface area contributed by atoms with Gasteiger partial charge >= 0.3 is 0 Å². The summed E-state index contributed by atoms with van der Waals surface area (Å²) in [6.07, 6.45) is 12.3. The third-order valence-corrected chi connectivity index (χ3v) is 14.8. The second-order valence-electron chi connectivity index (χ2n) is 18.3. The summed E-state index contributed by atoms with van der Waals surface area (Å²) < 4.78 is 0. The van der Waals surface area contributed by atoms with Crippen molar-refractivity contribution in [2.24, 2.45) is 11.8 Å². The summed E-state index contributed by atoms with van der Waals surface area (Å²) in [6.45, 7) is 4.86. The maximum absolute atomic E-state index is 2.57. The first-order chi connectivity index (χ1) is 28.0. The van der Waals surface area contributed by atoms with Gasteiger partial charge in [0.15, 0.2) is 0 Å². The Morgan fingerprint density at radius 1 is 0.509 bits per heavy atom. The Kier molecular flexibility index (Phi) is 8.50. The lowest BCUT2D eigenvalue weighted by Crippen LogP contribution is -2.17. The van der Waals surface area contributed by atoms with E-state index in [9.17, 15) is 0 Å². The first kappa shape index (κ1) is 34.8. The van der Waals surface area contributed by atoms with E-state index < -0.39 is 0 Å². The van der Waals surface area contributed by atoms with Crippen LogP contribution < -0.4 is 4.90 Å². The number of anilines is 3. The van der Waals surface area contributed by atoms with Crippen molar-refractivity contribution in [2.75, 3.05) is 4.90 Å². The summed E-state index contributed by atoms with van der Waals surface area (Å²) in [5, 5.41) is 2.59. The van der Waals surface area contributed by atoms with Crippen LogP contribution in [-0.4, -0.2) is 0 Å². The van der Waals surface area contributed by atoms with Crippen LogP contribution in [0.3, 0.4) is 0 Å². The number of nitrogens with zero attached hydrogens (tertiary/aromatic N) is 1. The van der Waals surface area contributed by atoms with Crippen molar-refractivity contribution >= 4 is 27.8 Å². The molecule has 1 nitrogen and oxygen atoms in total. The van der Waals surface area contributed by atoms with E-state index in [-0.39, 0.29) is 5.41 Å². The van der Waals surface area contributed by atoms with Gasteiger partial charge in [0.1, 0.15) is 0 Å². The van der Waals surface area contributed by atoms with Crippen LogP contribution in [0, 0.1) is 11.8 Å². The highest BCUT2D eigenvalue weighted by atomic mass is 15.1. The van der Waals surface area contributed by atoms with Crippen molar-refractivity contribution in [3.63, 3.8) is 0 Å². The van der Waals surface area contributed by atoms with E-state index in [1.807, 2.05) is 0 Å². The zero-order chi connectivity index (χ0) is 38.1. The van der Waals surface area contributed by atoms with Crippen LogP contribution in [-0.2, 0) is 5.41 Å². The fourth-order valence-corrected chi connectivity index (χ4v) is 11.9. The van der Waals surface area contributed by atoms with Gasteiger partial charge in [-0.25, -0.2) is 0 Å². The molecule has 282 valence electrons. The van der Waals surface area contributed by atoms with Gasteiger partial charge in [-0.2, -0.15) is 0 Å². The number of fused-ring (bicyclic) bond motifs is 6. The molecule has 3 saturated carbocycles. The molecular formula is C56H53N. The minimum atomic E-state index is -0.161. The Morgan fingerprint density at radius 3 is 2.00 bits per heavy atom. The zero-order valence-electron chi connectivity index (χ0n) is 33.6. The molecule has 0 aromatic heterocycles. The highest BCUT2D eigenvalue weighted by Crippen LogP contribution is 2.55. The fraction of sp³-hybridized carbons (Fsp3) is 0.286. The number of rotatable bonds is 7. The molecule has 11 rings (SSSR count). The molecule has 2 bridgehead atoms. The Morgan fingerprint density at radius 2 is 1.19 bits per heavy atom. The van der Waals surface area contributed by atoms with Gasteiger partial charge in [0.2, 0.25) is 0 Å². The van der Waals surface area contributed by atoms with Crippen molar-refractivity contribution in [1.29, 1.82) is 0 Å². The van der Waals surface area contributed by atoms with E-state index in [1.54, 1.807) is 0 Å². The smallest absolute Gasteiger partial charge is 0.0540 e. The van der Waals surface area contributed by atoms with Crippen LogP contribution in [0.1, 0.15) is 106 Å². The minimum Gasteiger partial charge on any atom is -0.310 e. The number of hydrogen-bond donors (Lipinski definition) is 0. The number of benzene rings is 7. The fourth-order valence-electron chi connectivity index (χ4n) is 11.9. The van der Waals surface area contributed by atoms with Crippen molar-refractivity contribution < 1.29 is 0 Å². The van der Waals surface area contributed by atoms with E-state index in [0.29, 0.717) is 5.92 Å². The summed E-state index contributed by atoms with van der Waals surface area (Å²) in [5.41, 5.74) is 17.4. The molecule has 7 aromatic rings. The highest BCUT2D eigenvalue weighted by molar-refractivity contribution is 5.98. The normalized spacial score (nSPS) is 20.8. The average Bonchev–Trinajstić information content (AvgIpc) is 3.97. The van der Waals surface area contributed by atoms with E-state index in [4.69, 9.17) is 0 Å². The largest absolute Gasteiger partial charge is 0.310 e. The van der Waals surface area contributed by atoms with Crippen LogP contribution in [0.2, 0.25) is 0 Å². The Bertz CT molecular complexity index is 2620. The van der Waals surface area contributed by atoms with Gasteiger partial charge in [-0.15, -0.1) is 0 Å². The molecule has 0 saturated heterocycles. The Labute approximate surface area is 339 Å². The molecule has 0 spiro atoms. The molecule has 57 heavy (non-hydrogen) atoms. The molecule has 0 amide bonds. The van der Waals surface area contributed by atoms with Crippen LogP contribution in [0.15, 0.2) is 152 Å². The third-order valence-electron chi connectivity index (χ3n) is 14.8. The molecule has 3 fully saturated rings. The lowest BCUT2D eigenvalue weighted by atomic mass is 9.80. The van der Waals surface area contributed by atoms with Gasteiger partial charge in [0.05, 0.1) is 5.69 Å². The number of hydrogen-bond acceptors (Lipinski definition) is 1. The molecule has 0 radical (unpaired) electrons. The monoisotopic (exact) mass is 739 g/mol. The lowest BCUT2D eigenvalue weighted by Gasteiger charge is -2.31. The van der Waals surface area contributed by atoms with Crippen LogP contribution >= 0.6 is 0 Å². The summed E-state index contributed by atoms with van der Waals surface area (Å²) >= 11 is 0. The molecule has 4 aliphatic rings. The minimum absolute atomic E-state index is 0.161. The third kappa shape index (κ3) is 5.88. The SMILES string of the molecule is CC1(C)c2cc(-c3cccc4ccccc34)ccc2-c2ccc(N(c3ccc(C4CC5CCC4C5)cc3)c3ccccc3-c3ccccc3C3CCCCC3)cc21. The van der Waals surface area contributed by atoms with E-state index in [0.717, 1.165) is 17.8 Å². The maximum Gasteiger partial charge on any atom is 0.0540 e. The summed E-state index contributed by atoms with van der Waals surface area (Å²) in [4.78, 5) is 2.57. The van der Waals surface area contributed by atoms with Crippen molar-refractivity contribution in [2.45, 2.75) is 88.9 Å². The summed E-state index contributed by atoms with van der Waals surface area (Å²) in [5.74, 6) is 3.15. The average molecular weight is 740 g/mol. The number of para-hydroxylation sites is 1. The first-order valence-electron chi connectivity index (χ1n) is 21.9. The van der Waals surface area contributed by atoms with E-state index in [1.165, 1.54) is 141 Å². The van der Waals surface area contributed by atoms with Gasteiger partial charge in [-0.3, -0.25) is 0 Å². The van der Waals surface area contributed by atoms with Crippen molar-refractivity contribution in [3.05, 3.63) is 174 Å². The van der Waals surface area contributed by atoms with Crippen LogP contribution in [0.4, 0.5) is 17.1 Å². The molecule has 0 aliphatic heterocycles. The molecule has 1 heteroatoms. The second-order valence-corrected chi connectivity index (χ2v) is 18.3. The summed E-state index contributed by atoms with van der Waals surface area (Å²) in [7, 11) is 0. The predicted octanol–water partition coefficient (Wildman–Crippen LogP) is 15.9. The Hall–Kier alpha value is -5.40. The van der Waals surface area contributed by atoms with Gasteiger partial charge in [0, 0.05) is 22.4 Å². The lowest BCUT2D eigenvalue weighted by molar-refractivity contribution is 0.420. The van der Waals surface area contributed by atoms with Gasteiger partial charge in [0.25, 0.3) is 0 Å². The van der Waals surface area contributed by atoms with Gasteiger partial charge in [-0.05, 0) is 153 Å². The van der Waals surface area contributed by atoms with Crippen molar-refractivity contribution in [3.8, 4) is 33.4 Å². The quantitative estimate of drug-likeness (QED) is 0.157. The zero-order valence-corrected chi connectivity index (χ0v) is 33.6. The van der Waals surface area contributed by atoms with E-state index in [2.05, 4.69) is 170 Å². The molecule has 0 heterocycles. The molecule has 0 N–H and O–H groups in total. The van der Waals surface area contributed by atoms with Crippen LogP contribution in [0.5, 0.6) is 0 Å². The van der Waals surface area contributed by atoms with Crippen LogP contribution in [0.25, 0.3) is 44.2 Å². The van der Waals surface area contributed by atoms with Gasteiger partial charge in [-0.1, -0.05) is 155 Å². The molecule has 3 atom stereocenters. The predicted molar refractivity (Wildman–Crippen MR) is 241 cm³/mol. The van der Waals surface area contributed by atoms with Gasteiger partial charge < -0.3 is 4.90 Å². The standard InChI is InChI=1S/C56H53N/c1-56(2)53-35-42(47-21-12-16-39-15-6-7-17-45(39)47)27-31-49(53)50-32-30-44(36-54(50)56)57(43-28-25-40(26-29-43)52-34-37-23-24-41(52)33-37)55-22-11-10-20-51(55)48-19-9-8-18-46(48)38-13-4-3-5-14-38/h6-12,15-22,25-32,35-38,41,52H,3-5,13-14,23-24,33-34H2,1-2H3. The maximum atomic E-state index is 2.57. The molecular weight excluding hydrogens is 687 g/mol. The highest BCUT2D eigenvalue weighted by Gasteiger charge is 2.40. The topological polar surface area (TPSA) is 3.24 Å². The second kappa shape index (κ2) is 13.9.